The van der Waals surface area contributed by atoms with Crippen molar-refractivity contribution >= 4 is 99.3 Å². The van der Waals surface area contributed by atoms with Crippen LogP contribution in [0.1, 0.15) is 118 Å². The summed E-state index contributed by atoms with van der Waals surface area (Å²) >= 11 is 2.91. The molecule has 2 aliphatic heterocycles. The smallest absolute Gasteiger partial charge is 0.305 e. The number of nitrogens with zero attached hydrogens (tertiary/aromatic N) is 2. The fourth-order valence-corrected chi connectivity index (χ4v) is 14.3. The Bertz CT molecular complexity index is 3530. The highest BCUT2D eigenvalue weighted by atomic mass is 32.2. The molecule has 2 aromatic heterocycles. The number of rotatable bonds is 15. The minimum Gasteiger partial charge on any atom is -0.508 e. The molecular formula is C67H86FN13O13S2. The predicted octanol–water partition coefficient (Wildman–Crippen LogP) is 2.98. The van der Waals surface area contributed by atoms with Gasteiger partial charge in [0.2, 0.25) is 53.2 Å². The summed E-state index contributed by atoms with van der Waals surface area (Å²) in [5.41, 5.74) is 15.2. The molecule has 4 heterocycles. The molecule has 1 aliphatic carbocycles. The SMILES string of the molecule is NCCCC[C@@H]1NC(=O)CCSCc2cccc(c2)CSC[C@@H](C(N)=O)CC(=O)[C@@H]2CCCN2C(=O)[C@H](Cc2ccc(O)cc2)NC(=O)[C@H](Cc2cnc[nH]2)NC(=O)[C@H](CC(=O)O)NC(=O)[C@H](Cc2c[nH]c3ccc(F)cc23)NC(=O)[C@H](CC2CCCCC2)NC(=O)CNC1=O. The van der Waals surface area contributed by atoms with E-state index in [9.17, 15) is 62.5 Å². The van der Waals surface area contributed by atoms with Crippen LogP contribution in [-0.2, 0) is 83.5 Å². The topological polar surface area (TPSA) is 412 Å². The van der Waals surface area contributed by atoms with E-state index in [1.807, 2.05) is 24.3 Å². The largest absolute Gasteiger partial charge is 0.508 e. The molecule has 0 spiro atoms. The molecule has 29 heteroatoms. The van der Waals surface area contributed by atoms with Crippen molar-refractivity contribution in [3.8, 4) is 5.75 Å². The zero-order valence-corrected chi connectivity index (χ0v) is 55.0. The van der Waals surface area contributed by atoms with Crippen molar-refractivity contribution < 1.29 is 67.3 Å². The van der Waals surface area contributed by atoms with Crippen LogP contribution in [0.2, 0.25) is 0 Å². The number of unbranched alkanes of at least 4 members (excludes halogenated alkanes) is 1. The van der Waals surface area contributed by atoms with Gasteiger partial charge in [-0.1, -0.05) is 68.5 Å². The van der Waals surface area contributed by atoms with Gasteiger partial charge < -0.3 is 73.8 Å². The summed E-state index contributed by atoms with van der Waals surface area (Å²) < 4.78 is 14.9. The lowest BCUT2D eigenvalue weighted by Gasteiger charge is -2.31. The molecule has 8 rings (SSSR count). The normalized spacial score (nSPS) is 23.7. The van der Waals surface area contributed by atoms with Gasteiger partial charge in [-0.05, 0) is 104 Å². The van der Waals surface area contributed by atoms with E-state index in [0.29, 0.717) is 70.8 Å². The molecule has 9 amide bonds. The predicted molar refractivity (Wildman–Crippen MR) is 357 cm³/mol. The molecule has 26 nitrogen and oxygen atoms in total. The summed E-state index contributed by atoms with van der Waals surface area (Å²) in [6, 6.07) is 7.48. The van der Waals surface area contributed by atoms with Gasteiger partial charge in [-0.15, -0.1) is 0 Å². The van der Waals surface area contributed by atoms with Gasteiger partial charge in [-0.25, -0.2) is 9.37 Å². The Kier molecular flexibility index (Phi) is 27.6. The van der Waals surface area contributed by atoms with Crippen molar-refractivity contribution in [2.75, 3.05) is 31.1 Å². The van der Waals surface area contributed by atoms with Crippen molar-refractivity contribution in [3.05, 3.63) is 119 Å². The van der Waals surface area contributed by atoms with Gasteiger partial charge in [-0.2, -0.15) is 23.5 Å². The van der Waals surface area contributed by atoms with E-state index >= 15 is 4.79 Å². The number of amides is 9. The number of carboxylic acid groups (broad SMARTS) is 1. The molecule has 8 atom stereocenters. The van der Waals surface area contributed by atoms with Gasteiger partial charge in [0.05, 0.1) is 31.3 Å². The van der Waals surface area contributed by atoms with E-state index in [1.54, 1.807) is 0 Å². The lowest BCUT2D eigenvalue weighted by molar-refractivity contribution is -0.142. The van der Waals surface area contributed by atoms with Crippen LogP contribution in [0.5, 0.6) is 5.75 Å². The fourth-order valence-electron chi connectivity index (χ4n) is 12.3. The molecule has 1 saturated heterocycles. The number of primary amides is 1. The Morgan fingerprint density at radius 2 is 1.36 bits per heavy atom. The summed E-state index contributed by atoms with van der Waals surface area (Å²) in [4.78, 5) is 167. The number of halogens is 1. The number of hydrogen-bond donors (Lipinski definition) is 13. The highest BCUT2D eigenvalue weighted by molar-refractivity contribution is 7.98. The Balaban J connectivity index is 1.11. The number of aromatic amines is 2. The van der Waals surface area contributed by atoms with E-state index in [1.165, 1.54) is 89.6 Å². The number of phenols is 1. The fraction of sp³-hybridized carbons (Fsp3) is 0.493. The number of nitrogens with two attached hydrogens (primary N) is 2. The minimum absolute atomic E-state index is 0.0573. The monoisotopic (exact) mass is 1360 g/mol. The number of carbonyl (C=O) groups is 11. The molecular weight excluding hydrogens is 1280 g/mol. The number of ketones is 1. The van der Waals surface area contributed by atoms with Crippen LogP contribution in [0, 0.1) is 17.7 Å². The molecule has 96 heavy (non-hydrogen) atoms. The number of thioether (sulfide) groups is 2. The van der Waals surface area contributed by atoms with Gasteiger partial charge in [0.1, 0.15) is 47.8 Å². The average molecular weight is 1360 g/mol. The quantitative estimate of drug-likeness (QED) is 0.0670. The molecule has 2 fully saturated rings. The van der Waals surface area contributed by atoms with Gasteiger partial charge in [0, 0.05) is 90.7 Å². The summed E-state index contributed by atoms with van der Waals surface area (Å²) in [6.45, 7) is -0.173. The highest BCUT2D eigenvalue weighted by Crippen LogP contribution is 2.29. The summed E-state index contributed by atoms with van der Waals surface area (Å²) in [5.74, 6) is -9.36. The number of imidazole rings is 1. The van der Waals surface area contributed by atoms with Crippen LogP contribution in [0.4, 0.5) is 4.39 Å². The minimum atomic E-state index is -1.96. The second kappa shape index (κ2) is 36.3. The first kappa shape index (κ1) is 73.0. The van der Waals surface area contributed by atoms with Gasteiger partial charge >= 0.3 is 5.97 Å². The van der Waals surface area contributed by atoms with Crippen LogP contribution >= 0.6 is 23.5 Å². The molecule has 3 aliphatic rings. The van der Waals surface area contributed by atoms with Gasteiger partial charge in [0.15, 0.2) is 5.78 Å². The molecule has 516 valence electrons. The van der Waals surface area contributed by atoms with Crippen LogP contribution in [0.25, 0.3) is 10.9 Å². The maximum absolute atomic E-state index is 15.0. The van der Waals surface area contributed by atoms with E-state index in [0.717, 1.165) is 43.2 Å². The number of fused-ring (bicyclic) bond motifs is 4. The zero-order chi connectivity index (χ0) is 68.7. The summed E-state index contributed by atoms with van der Waals surface area (Å²) in [5, 5.41) is 39.5. The molecule has 0 unspecified atom stereocenters. The maximum atomic E-state index is 15.0. The number of Topliss-reactive ketones (excluding diaryl/α,β-unsaturated/α-hetero) is 1. The Hall–Kier alpha value is -8.83. The van der Waals surface area contributed by atoms with Crippen LogP contribution in [0.3, 0.4) is 0 Å². The third-order valence-corrected chi connectivity index (χ3v) is 19.7. The first-order valence-electron chi connectivity index (χ1n) is 32.6. The Morgan fingerprint density at radius 3 is 2.06 bits per heavy atom. The number of aromatic nitrogens is 3. The van der Waals surface area contributed by atoms with Crippen molar-refractivity contribution in [2.45, 2.75) is 163 Å². The van der Waals surface area contributed by atoms with Crippen molar-refractivity contribution in [1.29, 1.82) is 0 Å². The first-order chi connectivity index (χ1) is 46.2. The Morgan fingerprint density at radius 1 is 0.688 bits per heavy atom. The van der Waals surface area contributed by atoms with Gasteiger partial charge in [-0.3, -0.25) is 52.7 Å². The van der Waals surface area contributed by atoms with Crippen LogP contribution in [0.15, 0.2) is 85.5 Å². The zero-order valence-electron chi connectivity index (χ0n) is 53.4. The molecule has 1 saturated carbocycles. The molecule has 15 N–H and O–H groups in total. The number of benzene rings is 3. The highest BCUT2D eigenvalue weighted by Gasteiger charge is 2.41. The van der Waals surface area contributed by atoms with E-state index < -0.39 is 132 Å². The van der Waals surface area contributed by atoms with Crippen LogP contribution in [-0.4, -0.2) is 168 Å². The van der Waals surface area contributed by atoms with E-state index in [-0.39, 0.29) is 75.3 Å². The number of aromatic hydroxyl groups is 1. The van der Waals surface area contributed by atoms with Gasteiger partial charge in [0.25, 0.3) is 0 Å². The summed E-state index contributed by atoms with van der Waals surface area (Å²) in [7, 11) is 0. The number of H-pyrrole nitrogens is 2. The molecule has 5 aromatic rings. The average Bonchev–Trinajstić information content (AvgIpc) is 1.77. The first-order valence-corrected chi connectivity index (χ1v) is 34.9. The number of aliphatic carboxylic acids is 1. The maximum Gasteiger partial charge on any atom is 0.305 e. The van der Waals surface area contributed by atoms with E-state index in [4.69, 9.17) is 11.5 Å². The Labute approximate surface area is 563 Å². The number of nitrogens with one attached hydrogen (secondary N) is 9. The molecule has 3 aromatic carbocycles. The van der Waals surface area contributed by atoms with Crippen molar-refractivity contribution in [3.63, 3.8) is 0 Å². The third kappa shape index (κ3) is 22.1. The number of phenolic OH excluding ortho intramolecular Hbond substituents is 1. The van der Waals surface area contributed by atoms with Crippen LogP contribution < -0.4 is 48.7 Å². The number of carbonyl (C=O) groups excluding carboxylic acids is 10. The standard InChI is InChI=1S/C67H86FN13O13S2/c68-45-16-19-49-48(29-45)43(32-72-49)27-52-64(91)79-54(31-60(86)87)66(93)78-53(30-46-33-71-38-74-46)65(92)80-55(26-40-14-17-47(82)18-15-40)67(94)81-22-7-13-56(81)57(83)28-44(61(70)88)37-96-36-42-11-6-10-41(24-42)35-95-23-20-58(84)75-50(12-4-5-21-69)62(89)73-34-59(85)76-51(63(90)77-52)25-39-8-2-1-3-9-39/h6,10-11,14-19,24,29,32-33,38-39,44,50-56,72,82H,1-5,7-9,12-13,20-23,25-28,30-31,34-37,69H2,(H2,70,88)(H,71,74)(H,73,89)(H,75,84)(H,76,85)(H,77,90)(H,78,93)(H,79,91)(H,80,92)(H,86,87)/t44-,50-,51-,52-,53-,54-,55-,56-/m0/s1. The summed E-state index contributed by atoms with van der Waals surface area (Å²) in [6.07, 6.45) is 8.10. The lowest BCUT2D eigenvalue weighted by Crippen LogP contribution is -2.60. The second-order valence-corrected chi connectivity index (χ2v) is 26.9. The van der Waals surface area contributed by atoms with E-state index in [2.05, 4.69) is 52.2 Å². The van der Waals surface area contributed by atoms with Crippen molar-refractivity contribution in [1.82, 2.24) is 57.1 Å². The lowest BCUT2D eigenvalue weighted by atomic mass is 9.84. The third-order valence-electron chi connectivity index (χ3n) is 17.4. The number of hydrogen-bond acceptors (Lipinski definition) is 16. The second-order valence-electron chi connectivity index (χ2n) is 24.8. The number of carboxylic acids is 1. The molecule has 0 radical (unpaired) electrons. The molecule has 2 bridgehead atoms. The van der Waals surface area contributed by atoms with Crippen molar-refractivity contribution in [2.24, 2.45) is 23.3 Å².